The number of aliphatic hydroxyl groups excluding tert-OH is 1. The van der Waals surface area contributed by atoms with Gasteiger partial charge in [-0.1, -0.05) is 19.8 Å². The Hall–Kier alpha value is -0.380. The Morgan fingerprint density at radius 3 is 2.71 bits per heavy atom. The zero-order chi connectivity index (χ0) is 11.8. The van der Waals surface area contributed by atoms with Crippen LogP contribution in [0.2, 0.25) is 0 Å². The summed E-state index contributed by atoms with van der Waals surface area (Å²) in [5.41, 5.74) is 0. The summed E-state index contributed by atoms with van der Waals surface area (Å²) in [6, 6.07) is 4.34. The number of fused-ring (bicyclic) bond motifs is 1. The lowest BCUT2D eigenvalue weighted by Gasteiger charge is -2.29. The van der Waals surface area contributed by atoms with Crippen LogP contribution in [0.1, 0.15) is 43.6 Å². The predicted octanol–water partition coefficient (Wildman–Crippen LogP) is 4.82. The van der Waals surface area contributed by atoms with E-state index in [1.165, 1.54) is 40.0 Å². The molecule has 1 fully saturated rings. The SMILES string of the molecule is CC1CCC(C(O)c2cc3sccc3s2)CC1. The number of aliphatic hydroxyl groups is 1. The van der Waals surface area contributed by atoms with Gasteiger partial charge in [0.2, 0.25) is 0 Å². The quantitative estimate of drug-likeness (QED) is 0.826. The minimum Gasteiger partial charge on any atom is -0.387 e. The Bertz CT molecular complexity index is 463. The Kier molecular flexibility index (Phi) is 3.24. The minimum atomic E-state index is -0.230. The van der Waals surface area contributed by atoms with Crippen molar-refractivity contribution in [2.45, 2.75) is 38.7 Å². The van der Waals surface area contributed by atoms with E-state index in [0.29, 0.717) is 5.92 Å². The first-order chi connectivity index (χ1) is 8.24. The van der Waals surface area contributed by atoms with Crippen molar-refractivity contribution in [2.24, 2.45) is 11.8 Å². The number of rotatable bonds is 2. The molecule has 2 heterocycles. The van der Waals surface area contributed by atoms with Crippen molar-refractivity contribution < 1.29 is 5.11 Å². The molecule has 0 aliphatic heterocycles. The topological polar surface area (TPSA) is 20.2 Å². The molecule has 3 heteroatoms. The third-order valence-electron chi connectivity index (χ3n) is 3.96. The van der Waals surface area contributed by atoms with Gasteiger partial charge in [0, 0.05) is 14.3 Å². The Labute approximate surface area is 110 Å². The van der Waals surface area contributed by atoms with Gasteiger partial charge in [-0.2, -0.15) is 0 Å². The highest BCUT2D eigenvalue weighted by Gasteiger charge is 2.26. The lowest BCUT2D eigenvalue weighted by Crippen LogP contribution is -2.18. The van der Waals surface area contributed by atoms with Crippen LogP contribution in [0.15, 0.2) is 17.5 Å². The van der Waals surface area contributed by atoms with Gasteiger partial charge in [0.25, 0.3) is 0 Å². The summed E-state index contributed by atoms with van der Waals surface area (Å²) >= 11 is 3.54. The van der Waals surface area contributed by atoms with Crippen LogP contribution < -0.4 is 0 Å². The maximum Gasteiger partial charge on any atom is 0.0910 e. The number of hydrogen-bond donors (Lipinski definition) is 1. The summed E-state index contributed by atoms with van der Waals surface area (Å²) in [4.78, 5) is 1.17. The van der Waals surface area contributed by atoms with Crippen molar-refractivity contribution in [3.63, 3.8) is 0 Å². The highest BCUT2D eigenvalue weighted by molar-refractivity contribution is 7.26. The Morgan fingerprint density at radius 2 is 2.00 bits per heavy atom. The zero-order valence-corrected chi connectivity index (χ0v) is 11.7. The Balaban J connectivity index is 1.77. The van der Waals surface area contributed by atoms with E-state index in [0.717, 1.165) is 5.92 Å². The summed E-state index contributed by atoms with van der Waals surface area (Å²) in [5.74, 6) is 1.34. The largest absolute Gasteiger partial charge is 0.387 e. The van der Waals surface area contributed by atoms with Crippen LogP contribution in [-0.2, 0) is 0 Å². The second kappa shape index (κ2) is 4.71. The van der Waals surface area contributed by atoms with Gasteiger partial charge < -0.3 is 5.11 Å². The average Bonchev–Trinajstić information content (AvgIpc) is 2.89. The molecule has 2 aromatic rings. The van der Waals surface area contributed by atoms with Gasteiger partial charge in [-0.3, -0.25) is 0 Å². The summed E-state index contributed by atoms with van der Waals surface area (Å²) in [5, 5.41) is 12.6. The molecule has 3 rings (SSSR count). The lowest BCUT2D eigenvalue weighted by molar-refractivity contribution is 0.0785. The van der Waals surface area contributed by atoms with Crippen molar-refractivity contribution in [3.8, 4) is 0 Å². The fourth-order valence-electron chi connectivity index (χ4n) is 2.76. The minimum absolute atomic E-state index is 0.230. The second-order valence-electron chi connectivity index (χ2n) is 5.26. The molecular formula is C14H18OS2. The maximum atomic E-state index is 10.5. The van der Waals surface area contributed by atoms with E-state index in [-0.39, 0.29) is 6.10 Å². The van der Waals surface area contributed by atoms with Gasteiger partial charge >= 0.3 is 0 Å². The lowest BCUT2D eigenvalue weighted by atomic mass is 9.80. The fraction of sp³-hybridized carbons (Fsp3) is 0.571. The van der Waals surface area contributed by atoms with Crippen molar-refractivity contribution in [3.05, 3.63) is 22.4 Å². The average molecular weight is 266 g/mol. The molecule has 1 atom stereocenters. The van der Waals surface area contributed by atoms with Crippen molar-refractivity contribution in [1.29, 1.82) is 0 Å². The van der Waals surface area contributed by atoms with Crippen LogP contribution in [0.5, 0.6) is 0 Å². The molecule has 92 valence electrons. The smallest absolute Gasteiger partial charge is 0.0910 e. The molecule has 0 aromatic carbocycles. The van der Waals surface area contributed by atoms with Crippen LogP contribution in [0.25, 0.3) is 9.40 Å². The second-order valence-corrected chi connectivity index (χ2v) is 7.33. The van der Waals surface area contributed by atoms with Gasteiger partial charge in [-0.25, -0.2) is 0 Å². The molecule has 0 spiro atoms. The van der Waals surface area contributed by atoms with Crippen molar-refractivity contribution in [2.75, 3.05) is 0 Å². The van der Waals surface area contributed by atoms with E-state index in [9.17, 15) is 5.11 Å². The van der Waals surface area contributed by atoms with Gasteiger partial charge in [-0.15, -0.1) is 22.7 Å². The first-order valence-electron chi connectivity index (χ1n) is 6.39. The summed E-state index contributed by atoms with van der Waals surface area (Å²) in [6.07, 6.45) is 4.71. The van der Waals surface area contributed by atoms with Crippen LogP contribution in [0, 0.1) is 11.8 Å². The predicted molar refractivity (Wildman–Crippen MR) is 75.8 cm³/mol. The normalized spacial score (nSPS) is 27.4. The molecule has 1 nitrogen and oxygen atoms in total. The fourth-order valence-corrected chi connectivity index (χ4v) is 4.96. The zero-order valence-electron chi connectivity index (χ0n) is 10.1. The summed E-state index contributed by atoms with van der Waals surface area (Å²) in [6.45, 7) is 2.32. The van der Waals surface area contributed by atoms with E-state index < -0.39 is 0 Å². The van der Waals surface area contributed by atoms with Gasteiger partial charge in [0.05, 0.1) is 6.10 Å². The van der Waals surface area contributed by atoms with E-state index >= 15 is 0 Å². The van der Waals surface area contributed by atoms with Crippen molar-refractivity contribution >= 4 is 32.1 Å². The molecule has 1 aliphatic carbocycles. The van der Waals surface area contributed by atoms with E-state index in [1.54, 1.807) is 22.7 Å². The van der Waals surface area contributed by atoms with Gasteiger partial charge in [-0.05, 0) is 42.2 Å². The number of hydrogen-bond acceptors (Lipinski definition) is 3. The maximum absolute atomic E-state index is 10.5. The van der Waals surface area contributed by atoms with Gasteiger partial charge in [0.15, 0.2) is 0 Å². The highest BCUT2D eigenvalue weighted by atomic mass is 32.1. The van der Waals surface area contributed by atoms with E-state index in [4.69, 9.17) is 0 Å². The molecule has 0 radical (unpaired) electrons. The molecular weight excluding hydrogens is 248 g/mol. The van der Waals surface area contributed by atoms with E-state index in [2.05, 4.69) is 24.4 Å². The van der Waals surface area contributed by atoms with Crippen LogP contribution >= 0.6 is 22.7 Å². The van der Waals surface area contributed by atoms with Crippen LogP contribution in [0.3, 0.4) is 0 Å². The first kappa shape index (κ1) is 11.7. The van der Waals surface area contributed by atoms with E-state index in [1.807, 2.05) is 0 Å². The molecule has 1 unspecified atom stereocenters. The third kappa shape index (κ3) is 2.28. The Morgan fingerprint density at radius 1 is 1.24 bits per heavy atom. The summed E-state index contributed by atoms with van der Waals surface area (Å²) in [7, 11) is 0. The number of thiophene rings is 2. The molecule has 17 heavy (non-hydrogen) atoms. The molecule has 0 bridgehead atoms. The first-order valence-corrected chi connectivity index (χ1v) is 8.08. The molecule has 1 saturated carbocycles. The standard InChI is InChI=1S/C14H18OS2/c1-9-2-4-10(5-3-9)14(15)13-8-12-11(17-13)6-7-16-12/h6-10,14-15H,2-5H2,1H3. The molecule has 0 amide bonds. The third-order valence-corrected chi connectivity index (χ3v) is 6.12. The molecule has 2 aromatic heterocycles. The van der Waals surface area contributed by atoms with Crippen molar-refractivity contribution in [1.82, 2.24) is 0 Å². The highest BCUT2D eigenvalue weighted by Crippen LogP contribution is 2.41. The molecule has 1 aliphatic rings. The summed E-state index contributed by atoms with van der Waals surface area (Å²) < 4.78 is 2.65. The molecule has 1 N–H and O–H groups in total. The van der Waals surface area contributed by atoms with Crippen LogP contribution in [-0.4, -0.2) is 5.11 Å². The molecule has 0 saturated heterocycles. The van der Waals surface area contributed by atoms with Crippen LogP contribution in [0.4, 0.5) is 0 Å². The monoisotopic (exact) mass is 266 g/mol. The van der Waals surface area contributed by atoms with Gasteiger partial charge in [0.1, 0.15) is 0 Å².